The molecule has 0 amide bonds. The Hall–Kier alpha value is -0.540. The highest BCUT2D eigenvalue weighted by molar-refractivity contribution is 7.80. The van der Waals surface area contributed by atoms with Crippen LogP contribution < -0.4 is 0 Å². The van der Waals surface area contributed by atoms with Crippen molar-refractivity contribution < 1.29 is 4.39 Å². The molecule has 0 aliphatic rings. The van der Waals surface area contributed by atoms with Gasteiger partial charge in [-0.15, -0.1) is 24.0 Å². The lowest BCUT2D eigenvalue weighted by atomic mass is 10.1. The normalized spacial score (nSPS) is 10.9. The second kappa shape index (κ2) is 2.75. The molecule has 0 N–H and O–H groups in total. The molecule has 0 radical (unpaired) electrons. The molecule has 1 aromatic heterocycles. The van der Waals surface area contributed by atoms with Crippen molar-refractivity contribution in [2.75, 3.05) is 0 Å². The Morgan fingerprint density at radius 3 is 3.00 bits per heavy atom. The molecule has 3 heteroatoms. The number of thiol groups is 1. The molecule has 0 aliphatic carbocycles. The van der Waals surface area contributed by atoms with E-state index in [2.05, 4.69) is 12.6 Å². The Balaban J connectivity index is 2.94. The first-order chi connectivity index (χ1) is 5.70. The lowest BCUT2D eigenvalue weighted by Gasteiger charge is -2.00. The molecule has 0 atom stereocenters. The van der Waals surface area contributed by atoms with Crippen LogP contribution in [0.2, 0.25) is 0 Å². The SMILES string of the molecule is Cc1c(F)c(S)cc2sccc12. The molecule has 0 fully saturated rings. The van der Waals surface area contributed by atoms with E-state index in [1.165, 1.54) is 0 Å². The Morgan fingerprint density at radius 1 is 1.50 bits per heavy atom. The minimum absolute atomic E-state index is 0.204. The fourth-order valence-electron chi connectivity index (χ4n) is 1.24. The van der Waals surface area contributed by atoms with Crippen molar-refractivity contribution in [2.24, 2.45) is 0 Å². The summed E-state index contributed by atoms with van der Waals surface area (Å²) in [6, 6.07) is 3.71. The van der Waals surface area contributed by atoms with E-state index in [4.69, 9.17) is 0 Å². The molecule has 0 aliphatic heterocycles. The van der Waals surface area contributed by atoms with E-state index in [0.29, 0.717) is 10.5 Å². The summed E-state index contributed by atoms with van der Waals surface area (Å²) in [6.45, 7) is 1.78. The maximum atomic E-state index is 13.3. The second-order valence-corrected chi connectivity index (χ2v) is 4.10. The highest BCUT2D eigenvalue weighted by Gasteiger charge is 2.07. The first-order valence-electron chi connectivity index (χ1n) is 3.55. The van der Waals surface area contributed by atoms with Crippen LogP contribution in [-0.2, 0) is 0 Å². The van der Waals surface area contributed by atoms with E-state index in [1.807, 2.05) is 11.4 Å². The van der Waals surface area contributed by atoms with Gasteiger partial charge in [0.15, 0.2) is 0 Å². The van der Waals surface area contributed by atoms with E-state index < -0.39 is 0 Å². The van der Waals surface area contributed by atoms with Gasteiger partial charge in [0.25, 0.3) is 0 Å². The third-order valence-corrected chi connectivity index (χ3v) is 3.11. The number of aryl methyl sites for hydroxylation is 1. The fourth-order valence-corrected chi connectivity index (χ4v) is 2.51. The standard InChI is InChI=1S/C9H7FS2/c1-5-6-2-3-12-8(6)4-7(11)9(5)10/h2-4,11H,1H3. The van der Waals surface area contributed by atoms with Gasteiger partial charge in [0.05, 0.1) is 0 Å². The first kappa shape index (κ1) is 8.08. The zero-order valence-electron chi connectivity index (χ0n) is 6.47. The number of fused-ring (bicyclic) bond motifs is 1. The van der Waals surface area contributed by atoms with Crippen LogP contribution in [0.4, 0.5) is 4.39 Å². The first-order valence-corrected chi connectivity index (χ1v) is 4.88. The zero-order valence-corrected chi connectivity index (χ0v) is 8.18. The van der Waals surface area contributed by atoms with Gasteiger partial charge in [-0.3, -0.25) is 0 Å². The number of rotatable bonds is 0. The van der Waals surface area contributed by atoms with Crippen LogP contribution in [-0.4, -0.2) is 0 Å². The van der Waals surface area contributed by atoms with Gasteiger partial charge in [-0.25, -0.2) is 4.39 Å². The Kier molecular flexibility index (Phi) is 1.85. The Labute approximate surface area is 79.4 Å². The summed E-state index contributed by atoms with van der Waals surface area (Å²) in [5.41, 5.74) is 0.693. The molecule has 0 spiro atoms. The number of hydrogen-bond acceptors (Lipinski definition) is 2. The Morgan fingerprint density at radius 2 is 2.25 bits per heavy atom. The van der Waals surface area contributed by atoms with Crippen LogP contribution in [0.5, 0.6) is 0 Å². The number of benzene rings is 1. The van der Waals surface area contributed by atoms with Crippen molar-refractivity contribution in [1.82, 2.24) is 0 Å². The van der Waals surface area contributed by atoms with Gasteiger partial charge in [0.2, 0.25) is 0 Å². The van der Waals surface area contributed by atoms with Crippen LogP contribution in [0.1, 0.15) is 5.56 Å². The third-order valence-electron chi connectivity index (χ3n) is 1.92. The lowest BCUT2D eigenvalue weighted by molar-refractivity contribution is 0.596. The van der Waals surface area contributed by atoms with Crippen LogP contribution in [0.15, 0.2) is 22.4 Å². The second-order valence-electron chi connectivity index (χ2n) is 2.67. The van der Waals surface area contributed by atoms with Crippen molar-refractivity contribution in [2.45, 2.75) is 11.8 Å². The molecular weight excluding hydrogens is 191 g/mol. The van der Waals surface area contributed by atoms with Crippen LogP contribution in [0.3, 0.4) is 0 Å². The minimum atomic E-state index is -0.204. The topological polar surface area (TPSA) is 0 Å². The number of hydrogen-bond donors (Lipinski definition) is 1. The van der Waals surface area contributed by atoms with Crippen LogP contribution >= 0.6 is 24.0 Å². The van der Waals surface area contributed by atoms with Crippen molar-refractivity contribution in [1.29, 1.82) is 0 Å². The van der Waals surface area contributed by atoms with Crippen molar-refractivity contribution >= 4 is 34.1 Å². The minimum Gasteiger partial charge on any atom is -0.205 e. The van der Waals surface area contributed by atoms with Gasteiger partial charge in [-0.05, 0) is 35.4 Å². The van der Waals surface area contributed by atoms with Crippen molar-refractivity contribution in [3.63, 3.8) is 0 Å². The zero-order chi connectivity index (χ0) is 8.72. The monoisotopic (exact) mass is 198 g/mol. The lowest BCUT2D eigenvalue weighted by Crippen LogP contribution is -1.84. The summed E-state index contributed by atoms with van der Waals surface area (Å²) in [4.78, 5) is 0.433. The van der Waals surface area contributed by atoms with Gasteiger partial charge in [-0.2, -0.15) is 0 Å². The van der Waals surface area contributed by atoms with Crippen LogP contribution in [0, 0.1) is 12.7 Å². The summed E-state index contributed by atoms with van der Waals surface area (Å²) in [7, 11) is 0. The maximum Gasteiger partial charge on any atom is 0.140 e. The van der Waals surface area contributed by atoms with Gasteiger partial charge >= 0.3 is 0 Å². The molecule has 1 aromatic carbocycles. The molecule has 0 bridgehead atoms. The summed E-state index contributed by atoms with van der Waals surface area (Å²) in [5.74, 6) is -0.204. The van der Waals surface area contributed by atoms with E-state index in [1.54, 1.807) is 24.3 Å². The third kappa shape index (κ3) is 1.04. The van der Waals surface area contributed by atoms with Gasteiger partial charge in [-0.1, -0.05) is 0 Å². The number of thiophene rings is 1. The summed E-state index contributed by atoms with van der Waals surface area (Å²) >= 11 is 5.66. The molecule has 0 saturated heterocycles. The highest BCUT2D eigenvalue weighted by Crippen LogP contribution is 2.29. The van der Waals surface area contributed by atoms with E-state index in [0.717, 1.165) is 10.1 Å². The van der Waals surface area contributed by atoms with E-state index in [9.17, 15) is 4.39 Å². The van der Waals surface area contributed by atoms with E-state index >= 15 is 0 Å². The molecule has 62 valence electrons. The predicted molar refractivity (Wildman–Crippen MR) is 53.8 cm³/mol. The highest BCUT2D eigenvalue weighted by atomic mass is 32.1. The molecule has 1 heterocycles. The molecule has 2 aromatic rings. The molecule has 12 heavy (non-hydrogen) atoms. The summed E-state index contributed by atoms with van der Waals surface area (Å²) in [5, 5.41) is 2.96. The molecule has 0 saturated carbocycles. The quantitative estimate of drug-likeness (QED) is 0.614. The average molecular weight is 198 g/mol. The Bertz CT molecular complexity index is 431. The summed E-state index contributed by atoms with van der Waals surface area (Å²) in [6.07, 6.45) is 0. The predicted octanol–water partition coefficient (Wildman–Crippen LogP) is 3.64. The van der Waals surface area contributed by atoms with E-state index in [-0.39, 0.29) is 5.82 Å². The smallest absolute Gasteiger partial charge is 0.140 e. The number of halogens is 1. The fraction of sp³-hybridized carbons (Fsp3) is 0.111. The van der Waals surface area contributed by atoms with Crippen molar-refractivity contribution in [3.05, 3.63) is 28.9 Å². The van der Waals surface area contributed by atoms with Gasteiger partial charge in [0, 0.05) is 9.60 Å². The molecule has 2 rings (SSSR count). The molecular formula is C9H7FS2. The molecule has 0 nitrogen and oxygen atoms in total. The largest absolute Gasteiger partial charge is 0.205 e. The molecule has 0 unspecified atom stereocenters. The van der Waals surface area contributed by atoms with Crippen LogP contribution in [0.25, 0.3) is 10.1 Å². The van der Waals surface area contributed by atoms with Gasteiger partial charge in [0.1, 0.15) is 5.82 Å². The average Bonchev–Trinajstić information content (AvgIpc) is 2.48. The summed E-state index contributed by atoms with van der Waals surface area (Å²) < 4.78 is 14.4. The van der Waals surface area contributed by atoms with Crippen molar-refractivity contribution in [3.8, 4) is 0 Å². The maximum absolute atomic E-state index is 13.3. The van der Waals surface area contributed by atoms with Gasteiger partial charge < -0.3 is 0 Å².